The number of piperidine rings is 1. The molecule has 2 aromatic heterocycles. The van der Waals surface area contributed by atoms with Crippen molar-refractivity contribution in [1.29, 1.82) is 0 Å². The van der Waals surface area contributed by atoms with Crippen LogP contribution >= 0.6 is 0 Å². The maximum Gasteiger partial charge on any atom is 0.434 e. The van der Waals surface area contributed by atoms with Crippen LogP contribution in [-0.4, -0.2) is 50.0 Å². The lowest BCUT2D eigenvalue weighted by molar-refractivity contribution is -0.140. The average molecular weight is 444 g/mol. The van der Waals surface area contributed by atoms with E-state index in [1.807, 2.05) is 13.1 Å². The second-order valence-corrected chi connectivity index (χ2v) is 8.52. The van der Waals surface area contributed by atoms with Gasteiger partial charge in [0.15, 0.2) is 11.5 Å². The molecule has 2 fully saturated rings. The molecule has 2 bridgehead atoms. The van der Waals surface area contributed by atoms with E-state index >= 15 is 0 Å². The molecular formula is C22H23F3N6O. The van der Waals surface area contributed by atoms with E-state index < -0.39 is 11.9 Å². The Hall–Kier alpha value is -3.14. The van der Waals surface area contributed by atoms with Crippen LogP contribution < -0.4 is 10.2 Å². The molecule has 0 saturated carbocycles. The third-order valence-corrected chi connectivity index (χ3v) is 6.44. The SMILES string of the molecule is CN(c1ccc(-c2ccc(-n3cnc(C(F)(F)F)c3)cc2O)nn1)C1CC2CCC(C1)N2. The molecule has 168 valence electrons. The summed E-state index contributed by atoms with van der Waals surface area (Å²) >= 11 is 0. The molecule has 4 heterocycles. The summed E-state index contributed by atoms with van der Waals surface area (Å²) in [6.07, 6.45) is 2.05. The van der Waals surface area contributed by atoms with Crippen molar-refractivity contribution in [3.8, 4) is 22.7 Å². The largest absolute Gasteiger partial charge is 0.507 e. The average Bonchev–Trinajstić information content (AvgIpc) is 3.40. The molecule has 1 aromatic carbocycles. The van der Waals surface area contributed by atoms with Crippen molar-refractivity contribution in [2.75, 3.05) is 11.9 Å². The Morgan fingerprint density at radius 2 is 1.84 bits per heavy atom. The van der Waals surface area contributed by atoms with Crippen molar-refractivity contribution in [3.05, 3.63) is 48.5 Å². The fourth-order valence-electron chi connectivity index (χ4n) is 4.70. The van der Waals surface area contributed by atoms with E-state index in [1.165, 1.54) is 23.5 Å². The molecule has 2 aliphatic rings. The summed E-state index contributed by atoms with van der Waals surface area (Å²) < 4.78 is 39.6. The molecule has 10 heteroatoms. The highest BCUT2D eigenvalue weighted by Crippen LogP contribution is 2.33. The van der Waals surface area contributed by atoms with Gasteiger partial charge in [-0.2, -0.15) is 13.2 Å². The van der Waals surface area contributed by atoms with Gasteiger partial charge in [-0.15, -0.1) is 10.2 Å². The number of anilines is 1. The number of aromatic hydroxyl groups is 1. The smallest absolute Gasteiger partial charge is 0.434 e. The lowest BCUT2D eigenvalue weighted by Gasteiger charge is -2.36. The third-order valence-electron chi connectivity index (χ3n) is 6.44. The van der Waals surface area contributed by atoms with Crippen LogP contribution in [0.5, 0.6) is 5.75 Å². The van der Waals surface area contributed by atoms with Crippen LogP contribution in [0, 0.1) is 0 Å². The minimum atomic E-state index is -4.52. The van der Waals surface area contributed by atoms with Gasteiger partial charge in [-0.05, 0) is 49.9 Å². The van der Waals surface area contributed by atoms with Crippen LogP contribution in [0.2, 0.25) is 0 Å². The number of fused-ring (bicyclic) bond motifs is 2. The highest BCUT2D eigenvalue weighted by atomic mass is 19.4. The van der Waals surface area contributed by atoms with E-state index in [0.29, 0.717) is 35.1 Å². The monoisotopic (exact) mass is 444 g/mol. The van der Waals surface area contributed by atoms with Crippen molar-refractivity contribution in [2.45, 2.75) is 50.0 Å². The number of alkyl halides is 3. The van der Waals surface area contributed by atoms with Gasteiger partial charge in [-0.25, -0.2) is 4.98 Å². The molecule has 0 aliphatic carbocycles. The van der Waals surface area contributed by atoms with E-state index in [2.05, 4.69) is 25.4 Å². The van der Waals surface area contributed by atoms with Gasteiger partial charge in [0.05, 0.1) is 17.7 Å². The molecule has 7 nitrogen and oxygen atoms in total. The van der Waals surface area contributed by atoms with Gasteiger partial charge >= 0.3 is 6.18 Å². The van der Waals surface area contributed by atoms with Gasteiger partial charge in [0, 0.05) is 43.0 Å². The second kappa shape index (κ2) is 7.77. The first kappa shape index (κ1) is 20.7. The Labute approximate surface area is 182 Å². The van der Waals surface area contributed by atoms with Crippen molar-refractivity contribution < 1.29 is 18.3 Å². The van der Waals surface area contributed by atoms with Crippen LogP contribution in [0.1, 0.15) is 31.4 Å². The van der Waals surface area contributed by atoms with Crippen LogP contribution in [-0.2, 0) is 6.18 Å². The van der Waals surface area contributed by atoms with Crippen molar-refractivity contribution >= 4 is 5.82 Å². The lowest BCUT2D eigenvalue weighted by atomic mass is 9.98. The molecule has 3 aromatic rings. The number of hydrogen-bond donors (Lipinski definition) is 2. The van der Waals surface area contributed by atoms with Crippen LogP contribution in [0.15, 0.2) is 42.9 Å². The van der Waals surface area contributed by atoms with Gasteiger partial charge in [0.2, 0.25) is 0 Å². The van der Waals surface area contributed by atoms with Gasteiger partial charge in [-0.3, -0.25) is 0 Å². The summed E-state index contributed by atoms with van der Waals surface area (Å²) in [5.74, 6) is 0.671. The number of rotatable bonds is 4. The number of phenolic OH excluding ortho intramolecular Hbond substituents is 1. The Morgan fingerprint density at radius 1 is 1.09 bits per heavy atom. The number of aromatic nitrogens is 4. The number of halogens is 3. The molecule has 2 aliphatic heterocycles. The normalized spacial score (nSPS) is 22.8. The summed E-state index contributed by atoms with van der Waals surface area (Å²) in [6.45, 7) is 0. The summed E-state index contributed by atoms with van der Waals surface area (Å²) in [5.41, 5.74) is 0.303. The lowest BCUT2D eigenvalue weighted by Crippen LogP contribution is -2.47. The summed E-state index contributed by atoms with van der Waals surface area (Å²) in [6, 6.07) is 9.83. The van der Waals surface area contributed by atoms with Crippen molar-refractivity contribution in [1.82, 2.24) is 25.1 Å². The Bertz CT molecular complexity index is 1100. The first-order chi connectivity index (χ1) is 15.3. The van der Waals surface area contributed by atoms with Gasteiger partial charge in [0.25, 0.3) is 0 Å². The van der Waals surface area contributed by atoms with Gasteiger partial charge < -0.3 is 19.9 Å². The zero-order chi connectivity index (χ0) is 22.5. The molecule has 2 N–H and O–H groups in total. The predicted octanol–water partition coefficient (Wildman–Crippen LogP) is 3.77. The summed E-state index contributed by atoms with van der Waals surface area (Å²) in [7, 11) is 2.03. The molecular weight excluding hydrogens is 421 g/mol. The Balaban J connectivity index is 1.33. The van der Waals surface area contributed by atoms with Crippen LogP contribution in [0.4, 0.5) is 19.0 Å². The number of hydrogen-bond acceptors (Lipinski definition) is 6. The van der Waals surface area contributed by atoms with E-state index in [1.54, 1.807) is 18.2 Å². The Morgan fingerprint density at radius 3 is 2.44 bits per heavy atom. The minimum absolute atomic E-state index is 0.102. The fraction of sp³-hybridized carbons (Fsp3) is 0.409. The second-order valence-electron chi connectivity index (χ2n) is 8.52. The Kier molecular flexibility index (Phi) is 5.04. The minimum Gasteiger partial charge on any atom is -0.507 e. The molecule has 0 amide bonds. The maximum atomic E-state index is 12.8. The van der Waals surface area contributed by atoms with Gasteiger partial charge in [-0.1, -0.05) is 0 Å². The molecule has 5 rings (SSSR count). The summed E-state index contributed by atoms with van der Waals surface area (Å²) in [5, 5.41) is 22.8. The fourth-order valence-corrected chi connectivity index (χ4v) is 4.70. The number of phenols is 1. The first-order valence-corrected chi connectivity index (χ1v) is 10.6. The standard InChI is InChI=1S/C22H23F3N6O/c1-30(16-8-13-2-3-14(9-16)27-13)21-7-6-18(28-29-21)17-5-4-15(10-19(17)32)31-11-20(26-12-31)22(23,24)25/h4-7,10-14,16,27,32H,2-3,8-9H2,1H3. The molecule has 2 saturated heterocycles. The van der Waals surface area contributed by atoms with Crippen LogP contribution in [0.3, 0.4) is 0 Å². The van der Waals surface area contributed by atoms with E-state index in [9.17, 15) is 18.3 Å². The molecule has 0 spiro atoms. The molecule has 2 atom stereocenters. The number of nitrogens with one attached hydrogen (secondary N) is 1. The van der Waals surface area contributed by atoms with E-state index in [0.717, 1.165) is 31.2 Å². The van der Waals surface area contributed by atoms with Crippen molar-refractivity contribution in [3.63, 3.8) is 0 Å². The first-order valence-electron chi connectivity index (χ1n) is 10.6. The highest BCUT2D eigenvalue weighted by molar-refractivity contribution is 5.69. The number of nitrogens with zero attached hydrogens (tertiary/aromatic N) is 5. The zero-order valence-electron chi connectivity index (χ0n) is 17.4. The third kappa shape index (κ3) is 3.90. The molecule has 2 unspecified atom stereocenters. The van der Waals surface area contributed by atoms with Crippen LogP contribution in [0.25, 0.3) is 16.9 Å². The quantitative estimate of drug-likeness (QED) is 0.638. The van der Waals surface area contributed by atoms with E-state index in [4.69, 9.17) is 0 Å². The maximum absolute atomic E-state index is 12.8. The van der Waals surface area contributed by atoms with Gasteiger partial charge in [0.1, 0.15) is 5.75 Å². The highest BCUT2D eigenvalue weighted by Gasteiger charge is 2.35. The van der Waals surface area contributed by atoms with Crippen molar-refractivity contribution in [2.24, 2.45) is 0 Å². The summed E-state index contributed by atoms with van der Waals surface area (Å²) in [4.78, 5) is 5.55. The molecule has 32 heavy (non-hydrogen) atoms. The zero-order valence-corrected chi connectivity index (χ0v) is 17.4. The molecule has 0 radical (unpaired) electrons. The number of imidazole rings is 1. The topological polar surface area (TPSA) is 79.1 Å². The van der Waals surface area contributed by atoms with E-state index in [-0.39, 0.29) is 5.75 Å². The predicted molar refractivity (Wildman–Crippen MR) is 113 cm³/mol. The number of benzene rings is 1.